The molecule has 0 spiro atoms. The van der Waals surface area contributed by atoms with E-state index < -0.39 is 53.8 Å². The van der Waals surface area contributed by atoms with E-state index >= 15 is 0 Å². The molecule has 15 nitrogen and oxygen atoms in total. The summed E-state index contributed by atoms with van der Waals surface area (Å²) in [6, 6.07) is -4.82. The van der Waals surface area contributed by atoms with Crippen molar-refractivity contribution in [2.75, 3.05) is 5.75 Å². The quantitative estimate of drug-likeness (QED) is 0.108. The number of carboxylic acids is 1. The molecule has 16 heteroatoms. The fourth-order valence-corrected chi connectivity index (χ4v) is 3.37. The summed E-state index contributed by atoms with van der Waals surface area (Å²) in [4.78, 5) is 74.2. The van der Waals surface area contributed by atoms with Crippen LogP contribution < -0.4 is 27.4 Å². The van der Waals surface area contributed by atoms with Crippen molar-refractivity contribution in [2.45, 2.75) is 49.9 Å². The third kappa shape index (κ3) is 9.03. The van der Waals surface area contributed by atoms with E-state index in [9.17, 15) is 29.1 Å². The zero-order valence-electron chi connectivity index (χ0n) is 19.1. The van der Waals surface area contributed by atoms with Gasteiger partial charge in [0.2, 0.25) is 23.6 Å². The number of amides is 4. The number of H-pyrrole nitrogens is 2. The summed E-state index contributed by atoms with van der Waals surface area (Å²) in [5.74, 6) is -4.44. The maximum Gasteiger partial charge on any atom is 0.326 e. The van der Waals surface area contributed by atoms with Crippen LogP contribution in [-0.4, -0.2) is 84.6 Å². The van der Waals surface area contributed by atoms with E-state index in [-0.39, 0.29) is 31.4 Å². The van der Waals surface area contributed by atoms with Crippen LogP contribution in [-0.2, 0) is 36.8 Å². The van der Waals surface area contributed by atoms with Gasteiger partial charge in [-0.3, -0.25) is 19.2 Å². The molecule has 0 radical (unpaired) electrons. The number of primary amides is 1. The number of carbonyl (C=O) groups excluding carboxylic acids is 4. The third-order valence-electron chi connectivity index (χ3n) is 5.05. The van der Waals surface area contributed by atoms with Gasteiger partial charge in [-0.25, -0.2) is 14.8 Å². The number of nitrogens with zero attached hydrogens (tertiary/aromatic N) is 2. The van der Waals surface area contributed by atoms with E-state index in [2.05, 4.69) is 48.5 Å². The third-order valence-corrected chi connectivity index (χ3v) is 5.42. The van der Waals surface area contributed by atoms with E-state index in [4.69, 9.17) is 11.5 Å². The number of nitrogens with two attached hydrogens (primary N) is 2. The van der Waals surface area contributed by atoms with Crippen molar-refractivity contribution in [3.8, 4) is 0 Å². The normalized spacial score (nSPS) is 14.2. The fraction of sp³-hybridized carbons (Fsp3) is 0.450. The Morgan fingerprint density at radius 2 is 1.42 bits per heavy atom. The fourth-order valence-electron chi connectivity index (χ4n) is 3.12. The van der Waals surface area contributed by atoms with E-state index in [0.717, 1.165) is 0 Å². The molecule has 0 aliphatic carbocycles. The summed E-state index contributed by atoms with van der Waals surface area (Å²) < 4.78 is 0. The summed E-state index contributed by atoms with van der Waals surface area (Å²) in [5, 5.41) is 16.7. The highest BCUT2D eigenvalue weighted by Crippen LogP contribution is 2.04. The Labute approximate surface area is 211 Å². The number of thiol groups is 1. The zero-order chi connectivity index (χ0) is 26.7. The average Bonchev–Trinajstić information content (AvgIpc) is 3.53. The van der Waals surface area contributed by atoms with E-state index in [1.54, 1.807) is 0 Å². The number of nitrogens with one attached hydrogen (secondary N) is 5. The van der Waals surface area contributed by atoms with Crippen molar-refractivity contribution in [1.29, 1.82) is 0 Å². The van der Waals surface area contributed by atoms with E-state index in [0.29, 0.717) is 11.4 Å². The lowest BCUT2D eigenvalue weighted by Crippen LogP contribution is -2.58. The summed E-state index contributed by atoms with van der Waals surface area (Å²) in [5.41, 5.74) is 12.2. The van der Waals surface area contributed by atoms with Gasteiger partial charge in [-0.2, -0.15) is 12.6 Å². The topological polar surface area (TPSA) is 251 Å². The second-order valence-corrected chi connectivity index (χ2v) is 8.24. The number of carboxylic acid groups (broad SMARTS) is 1. The molecule has 196 valence electrons. The summed E-state index contributed by atoms with van der Waals surface area (Å²) in [6.07, 6.45) is 5.38. The number of hydrogen-bond acceptors (Lipinski definition) is 9. The van der Waals surface area contributed by atoms with Gasteiger partial charge in [-0.1, -0.05) is 0 Å². The molecule has 0 fully saturated rings. The molecular formula is C20H29N9O6S. The van der Waals surface area contributed by atoms with Crippen molar-refractivity contribution < 1.29 is 29.1 Å². The molecule has 0 aromatic carbocycles. The predicted octanol–water partition coefficient (Wildman–Crippen LogP) is -3.02. The van der Waals surface area contributed by atoms with Gasteiger partial charge in [-0.15, -0.1) is 0 Å². The lowest BCUT2D eigenvalue weighted by atomic mass is 10.1. The highest BCUT2D eigenvalue weighted by atomic mass is 32.1. The number of carbonyl (C=O) groups is 5. The molecule has 4 atom stereocenters. The van der Waals surface area contributed by atoms with E-state index in [1.807, 2.05) is 0 Å². The second-order valence-electron chi connectivity index (χ2n) is 7.88. The molecule has 4 unspecified atom stereocenters. The SMILES string of the molecule is NC(=O)CCC(NC(=O)C(N)Cc1cnc[nH]1)C(=O)NC(CS)C(=O)NC(Cc1cnc[nH]1)C(=O)O. The van der Waals surface area contributed by atoms with Gasteiger partial charge in [0.05, 0.1) is 18.7 Å². The van der Waals surface area contributed by atoms with Crippen LogP contribution in [0.5, 0.6) is 0 Å². The van der Waals surface area contributed by atoms with Crippen LogP contribution in [0.25, 0.3) is 0 Å². The average molecular weight is 524 g/mol. The number of imidazole rings is 2. The first kappa shape index (κ1) is 28.3. The van der Waals surface area contributed by atoms with Crippen LogP contribution in [0, 0.1) is 0 Å². The second kappa shape index (κ2) is 13.8. The maximum absolute atomic E-state index is 12.9. The van der Waals surface area contributed by atoms with Gasteiger partial charge in [0, 0.05) is 48.8 Å². The minimum atomic E-state index is -1.30. The summed E-state index contributed by atoms with van der Waals surface area (Å²) >= 11 is 4.07. The number of rotatable bonds is 15. The Hall–Kier alpha value is -3.92. The molecule has 4 amide bonds. The Morgan fingerprint density at radius 3 is 1.92 bits per heavy atom. The Morgan fingerprint density at radius 1 is 0.889 bits per heavy atom. The van der Waals surface area contributed by atoms with Crippen LogP contribution in [0.4, 0.5) is 0 Å². The molecule has 0 aliphatic rings. The monoisotopic (exact) mass is 523 g/mol. The Kier molecular flexibility index (Phi) is 10.9. The molecule has 2 aromatic rings. The first-order valence-corrected chi connectivity index (χ1v) is 11.5. The number of hydrogen-bond donors (Lipinski definition) is 9. The van der Waals surface area contributed by atoms with Gasteiger partial charge in [-0.05, 0) is 6.42 Å². The van der Waals surface area contributed by atoms with Crippen LogP contribution in [0.3, 0.4) is 0 Å². The molecule has 0 aliphatic heterocycles. The van der Waals surface area contributed by atoms with Gasteiger partial charge in [0.1, 0.15) is 18.1 Å². The zero-order valence-corrected chi connectivity index (χ0v) is 20.0. The highest BCUT2D eigenvalue weighted by Gasteiger charge is 2.30. The van der Waals surface area contributed by atoms with Gasteiger partial charge in [0.15, 0.2) is 0 Å². The van der Waals surface area contributed by atoms with Gasteiger partial charge in [0.25, 0.3) is 0 Å². The van der Waals surface area contributed by atoms with Crippen LogP contribution >= 0.6 is 12.6 Å². The summed E-state index contributed by atoms with van der Waals surface area (Å²) in [6.45, 7) is 0. The molecule has 2 aromatic heterocycles. The molecular weight excluding hydrogens is 494 g/mol. The summed E-state index contributed by atoms with van der Waals surface area (Å²) in [7, 11) is 0. The van der Waals surface area contributed by atoms with Crippen LogP contribution in [0.15, 0.2) is 25.0 Å². The molecule has 0 saturated carbocycles. The molecule has 10 N–H and O–H groups in total. The van der Waals surface area contributed by atoms with Crippen molar-refractivity contribution in [2.24, 2.45) is 11.5 Å². The van der Waals surface area contributed by atoms with Crippen molar-refractivity contribution >= 4 is 42.2 Å². The minimum absolute atomic E-state index is 0.0696. The maximum atomic E-state index is 12.9. The van der Waals surface area contributed by atoms with Crippen molar-refractivity contribution in [3.63, 3.8) is 0 Å². The van der Waals surface area contributed by atoms with E-state index in [1.165, 1.54) is 25.0 Å². The van der Waals surface area contributed by atoms with Crippen molar-refractivity contribution in [3.05, 3.63) is 36.4 Å². The lowest BCUT2D eigenvalue weighted by molar-refractivity contribution is -0.142. The first-order chi connectivity index (χ1) is 17.1. The molecule has 0 bridgehead atoms. The minimum Gasteiger partial charge on any atom is -0.480 e. The molecule has 36 heavy (non-hydrogen) atoms. The lowest BCUT2D eigenvalue weighted by Gasteiger charge is -2.24. The van der Waals surface area contributed by atoms with Crippen molar-refractivity contribution in [1.82, 2.24) is 35.9 Å². The molecule has 2 heterocycles. The smallest absolute Gasteiger partial charge is 0.326 e. The largest absolute Gasteiger partial charge is 0.480 e. The number of aliphatic carboxylic acids is 1. The highest BCUT2D eigenvalue weighted by molar-refractivity contribution is 7.80. The Bertz CT molecular complexity index is 1030. The molecule has 0 saturated heterocycles. The Balaban J connectivity index is 2.03. The number of aromatic amines is 2. The standard InChI is InChI=1S/C20H29N9O6S/c21-12(3-10-5-23-8-25-10)17(31)27-13(1-2-16(22)30)18(32)29-15(7-36)19(33)28-14(20(34)35)4-11-6-24-9-26-11/h5-6,8-9,12-15,36H,1-4,7,21H2,(H2,22,30)(H,23,25)(H,24,26)(H,27,31)(H,28,33)(H,29,32)(H,34,35). The first-order valence-electron chi connectivity index (χ1n) is 10.8. The van der Waals surface area contributed by atoms with Gasteiger partial charge >= 0.3 is 5.97 Å². The predicted molar refractivity (Wildman–Crippen MR) is 128 cm³/mol. The van der Waals surface area contributed by atoms with Crippen LogP contribution in [0.2, 0.25) is 0 Å². The van der Waals surface area contributed by atoms with Gasteiger partial charge < -0.3 is 42.5 Å². The number of aromatic nitrogens is 4. The van der Waals surface area contributed by atoms with Crippen LogP contribution in [0.1, 0.15) is 24.2 Å². The molecule has 2 rings (SSSR count).